The Morgan fingerprint density at radius 1 is 0.955 bits per heavy atom. The van der Waals surface area contributed by atoms with Crippen LogP contribution in [0.25, 0.3) is 0 Å². The van der Waals surface area contributed by atoms with Crippen LogP contribution in [0, 0.1) is 11.6 Å². The number of nitrogens with one attached hydrogen (secondary N) is 1. The Bertz CT molecular complexity index is 723. The fourth-order valence-corrected chi connectivity index (χ4v) is 3.25. The van der Waals surface area contributed by atoms with E-state index in [4.69, 9.17) is 0 Å². The molecule has 2 aromatic carbocycles. The summed E-state index contributed by atoms with van der Waals surface area (Å²) in [6.07, 6.45) is 1.37. The SMILES string of the molecule is CCc1ccc(CCNS(=O)(=O)c2c(F)cccc2F)cc1. The molecule has 0 bridgehead atoms. The van der Waals surface area contributed by atoms with Crippen molar-refractivity contribution in [2.24, 2.45) is 0 Å². The Kier molecular flexibility index (Phi) is 5.26. The predicted molar refractivity (Wildman–Crippen MR) is 81.1 cm³/mol. The van der Waals surface area contributed by atoms with E-state index in [0.717, 1.165) is 30.2 Å². The van der Waals surface area contributed by atoms with Gasteiger partial charge in [0.2, 0.25) is 10.0 Å². The van der Waals surface area contributed by atoms with E-state index in [1.165, 1.54) is 5.56 Å². The first-order valence-electron chi connectivity index (χ1n) is 6.95. The average Bonchev–Trinajstić information content (AvgIpc) is 2.47. The Morgan fingerprint density at radius 2 is 1.50 bits per heavy atom. The standard InChI is InChI=1S/C16H17F2NO2S/c1-2-12-6-8-13(9-7-12)10-11-19-22(20,21)16-14(17)4-3-5-15(16)18/h3-9,19H,2,10-11H2,1H3. The number of hydrogen-bond acceptors (Lipinski definition) is 2. The van der Waals surface area contributed by atoms with Crippen LogP contribution in [0.4, 0.5) is 8.78 Å². The highest BCUT2D eigenvalue weighted by Gasteiger charge is 2.23. The van der Waals surface area contributed by atoms with Gasteiger partial charge in [0.25, 0.3) is 0 Å². The smallest absolute Gasteiger partial charge is 0.211 e. The van der Waals surface area contributed by atoms with Gasteiger partial charge < -0.3 is 0 Å². The molecule has 0 fully saturated rings. The van der Waals surface area contributed by atoms with Crippen molar-refractivity contribution in [1.29, 1.82) is 0 Å². The molecule has 2 rings (SSSR count). The van der Waals surface area contributed by atoms with Crippen molar-refractivity contribution >= 4 is 10.0 Å². The highest BCUT2D eigenvalue weighted by atomic mass is 32.2. The van der Waals surface area contributed by atoms with Crippen LogP contribution >= 0.6 is 0 Å². The largest absolute Gasteiger partial charge is 0.246 e. The number of aryl methyl sites for hydroxylation is 1. The molecule has 22 heavy (non-hydrogen) atoms. The number of hydrogen-bond donors (Lipinski definition) is 1. The first kappa shape index (κ1) is 16.6. The molecule has 0 atom stereocenters. The van der Waals surface area contributed by atoms with Crippen LogP contribution in [-0.4, -0.2) is 15.0 Å². The van der Waals surface area contributed by atoms with Crippen molar-refractivity contribution in [3.63, 3.8) is 0 Å². The van der Waals surface area contributed by atoms with E-state index >= 15 is 0 Å². The maximum atomic E-state index is 13.5. The van der Waals surface area contributed by atoms with Gasteiger partial charge in [0.1, 0.15) is 11.6 Å². The van der Waals surface area contributed by atoms with Crippen molar-refractivity contribution in [3.8, 4) is 0 Å². The highest BCUT2D eigenvalue weighted by molar-refractivity contribution is 7.89. The third-order valence-corrected chi connectivity index (χ3v) is 4.84. The lowest BCUT2D eigenvalue weighted by Gasteiger charge is -2.09. The molecule has 6 heteroatoms. The van der Waals surface area contributed by atoms with Crippen LogP contribution in [0.3, 0.4) is 0 Å². The molecule has 0 aliphatic carbocycles. The van der Waals surface area contributed by atoms with Crippen LogP contribution < -0.4 is 4.72 Å². The molecule has 3 nitrogen and oxygen atoms in total. The lowest BCUT2D eigenvalue weighted by atomic mass is 10.1. The van der Waals surface area contributed by atoms with E-state index in [1.54, 1.807) is 0 Å². The first-order chi connectivity index (χ1) is 10.4. The molecule has 0 heterocycles. The summed E-state index contributed by atoms with van der Waals surface area (Å²) in [7, 11) is -4.20. The second-order valence-corrected chi connectivity index (χ2v) is 6.57. The van der Waals surface area contributed by atoms with Crippen LogP contribution in [0.2, 0.25) is 0 Å². The minimum absolute atomic E-state index is 0.0710. The number of halogens is 2. The van der Waals surface area contributed by atoms with E-state index in [0.29, 0.717) is 6.42 Å². The van der Waals surface area contributed by atoms with Crippen LogP contribution in [0.15, 0.2) is 47.4 Å². The van der Waals surface area contributed by atoms with Gasteiger partial charge in [-0.25, -0.2) is 21.9 Å². The molecule has 0 aliphatic heterocycles. The third-order valence-electron chi connectivity index (χ3n) is 3.32. The van der Waals surface area contributed by atoms with Gasteiger partial charge >= 0.3 is 0 Å². The summed E-state index contributed by atoms with van der Waals surface area (Å²) in [6, 6.07) is 10.7. The maximum Gasteiger partial charge on any atom is 0.246 e. The molecule has 1 N–H and O–H groups in total. The minimum atomic E-state index is -4.20. The minimum Gasteiger partial charge on any atom is -0.211 e. The summed E-state index contributed by atoms with van der Waals surface area (Å²) in [5, 5.41) is 0. The van der Waals surface area contributed by atoms with Crippen LogP contribution in [-0.2, 0) is 22.9 Å². The fraction of sp³-hybridized carbons (Fsp3) is 0.250. The van der Waals surface area contributed by atoms with Gasteiger partial charge in [-0.2, -0.15) is 0 Å². The van der Waals surface area contributed by atoms with Gasteiger partial charge in [-0.15, -0.1) is 0 Å². The van der Waals surface area contributed by atoms with Gasteiger partial charge in [-0.1, -0.05) is 37.3 Å². The predicted octanol–water partition coefficient (Wildman–Crippen LogP) is 3.05. The van der Waals surface area contributed by atoms with Gasteiger partial charge in [0.05, 0.1) is 0 Å². The third kappa shape index (κ3) is 3.90. The van der Waals surface area contributed by atoms with Crippen molar-refractivity contribution in [1.82, 2.24) is 4.72 Å². The van der Waals surface area contributed by atoms with Crippen molar-refractivity contribution in [2.45, 2.75) is 24.7 Å². The Balaban J connectivity index is 2.03. The molecule has 0 aromatic heterocycles. The van der Waals surface area contributed by atoms with Crippen molar-refractivity contribution in [3.05, 3.63) is 65.2 Å². The van der Waals surface area contributed by atoms with Crippen LogP contribution in [0.1, 0.15) is 18.1 Å². The molecule has 0 radical (unpaired) electrons. The van der Waals surface area contributed by atoms with Gasteiger partial charge in [-0.05, 0) is 36.1 Å². The Morgan fingerprint density at radius 3 is 2.05 bits per heavy atom. The number of benzene rings is 2. The molecule has 2 aromatic rings. The van der Waals surface area contributed by atoms with E-state index < -0.39 is 26.6 Å². The van der Waals surface area contributed by atoms with Gasteiger partial charge in [0, 0.05) is 6.54 Å². The average molecular weight is 325 g/mol. The second kappa shape index (κ2) is 6.98. The van der Waals surface area contributed by atoms with E-state index in [2.05, 4.69) is 4.72 Å². The summed E-state index contributed by atoms with van der Waals surface area (Å²) in [5.41, 5.74) is 2.15. The zero-order valence-corrected chi connectivity index (χ0v) is 13.0. The summed E-state index contributed by atoms with van der Waals surface area (Å²) in [6.45, 7) is 2.12. The molecule has 0 saturated carbocycles. The fourth-order valence-electron chi connectivity index (χ4n) is 2.08. The molecule has 0 spiro atoms. The zero-order valence-electron chi connectivity index (χ0n) is 12.1. The zero-order chi connectivity index (χ0) is 16.2. The first-order valence-corrected chi connectivity index (χ1v) is 8.44. The lowest BCUT2D eigenvalue weighted by Crippen LogP contribution is -2.27. The number of sulfonamides is 1. The molecular weight excluding hydrogens is 308 g/mol. The van der Waals surface area contributed by atoms with Gasteiger partial charge in [-0.3, -0.25) is 0 Å². The van der Waals surface area contributed by atoms with E-state index in [9.17, 15) is 17.2 Å². The summed E-state index contributed by atoms with van der Waals surface area (Å²) >= 11 is 0. The van der Waals surface area contributed by atoms with E-state index in [1.807, 2.05) is 31.2 Å². The van der Waals surface area contributed by atoms with E-state index in [-0.39, 0.29) is 6.54 Å². The molecule has 0 saturated heterocycles. The second-order valence-electron chi connectivity index (χ2n) is 4.87. The van der Waals surface area contributed by atoms with Gasteiger partial charge in [0.15, 0.2) is 4.90 Å². The highest BCUT2D eigenvalue weighted by Crippen LogP contribution is 2.17. The topological polar surface area (TPSA) is 46.2 Å². The van der Waals surface area contributed by atoms with Crippen molar-refractivity contribution < 1.29 is 17.2 Å². The van der Waals surface area contributed by atoms with Crippen LogP contribution in [0.5, 0.6) is 0 Å². The normalized spacial score (nSPS) is 11.6. The van der Waals surface area contributed by atoms with Crippen molar-refractivity contribution in [2.75, 3.05) is 6.54 Å². The lowest BCUT2D eigenvalue weighted by molar-refractivity contribution is 0.514. The maximum absolute atomic E-state index is 13.5. The summed E-state index contributed by atoms with van der Waals surface area (Å²) in [4.78, 5) is -0.934. The number of rotatable bonds is 6. The Hall–Kier alpha value is -1.79. The molecule has 118 valence electrons. The quantitative estimate of drug-likeness (QED) is 0.887. The molecule has 0 amide bonds. The Labute approximate surface area is 129 Å². The summed E-state index contributed by atoms with van der Waals surface area (Å²) < 4.78 is 53.2. The molecule has 0 aliphatic rings. The molecule has 0 unspecified atom stereocenters. The summed E-state index contributed by atoms with van der Waals surface area (Å²) in [5.74, 6) is -2.19. The monoisotopic (exact) mass is 325 g/mol. The molecular formula is C16H17F2NO2S.